The standard InChI is InChI=1S/C16H24ClN3O/c1-12(13-5-4-6-14(17)11-13)18-16(21)20(3)15-7-9-19(2)10-8-15/h4-6,11-12,15H,7-10H2,1-3H3,(H,18,21). The molecule has 1 fully saturated rings. The molecule has 2 rings (SSSR count). The molecule has 1 unspecified atom stereocenters. The summed E-state index contributed by atoms with van der Waals surface area (Å²) in [5.74, 6) is 0. The van der Waals surface area contributed by atoms with Crippen LogP contribution in [-0.4, -0.2) is 49.1 Å². The predicted octanol–water partition coefficient (Wildman–Crippen LogP) is 3.14. The highest BCUT2D eigenvalue weighted by molar-refractivity contribution is 6.30. The van der Waals surface area contributed by atoms with Crippen molar-refractivity contribution in [1.82, 2.24) is 15.1 Å². The fraction of sp³-hybridized carbons (Fsp3) is 0.562. The third kappa shape index (κ3) is 4.35. The lowest BCUT2D eigenvalue weighted by molar-refractivity contribution is 0.146. The van der Waals surface area contributed by atoms with Gasteiger partial charge in [0.1, 0.15) is 0 Å². The number of hydrogen-bond donors (Lipinski definition) is 1. The van der Waals surface area contributed by atoms with Gasteiger partial charge in [-0.25, -0.2) is 4.79 Å². The quantitative estimate of drug-likeness (QED) is 0.931. The lowest BCUT2D eigenvalue weighted by Gasteiger charge is -2.35. The van der Waals surface area contributed by atoms with Crippen molar-refractivity contribution in [2.24, 2.45) is 0 Å². The second kappa shape index (κ2) is 7.14. The van der Waals surface area contributed by atoms with E-state index in [1.165, 1.54) is 0 Å². The highest BCUT2D eigenvalue weighted by Crippen LogP contribution is 2.19. The molecular weight excluding hydrogens is 286 g/mol. The smallest absolute Gasteiger partial charge is 0.317 e. The summed E-state index contributed by atoms with van der Waals surface area (Å²) < 4.78 is 0. The summed E-state index contributed by atoms with van der Waals surface area (Å²) in [6.45, 7) is 4.07. The Kier molecular flexibility index (Phi) is 5.48. The average Bonchev–Trinajstić information content (AvgIpc) is 2.47. The minimum Gasteiger partial charge on any atom is -0.331 e. The van der Waals surface area contributed by atoms with E-state index >= 15 is 0 Å². The minimum atomic E-state index is -0.0510. The molecule has 1 aromatic carbocycles. The summed E-state index contributed by atoms with van der Waals surface area (Å²) in [6, 6.07) is 7.87. The van der Waals surface area contributed by atoms with Crippen molar-refractivity contribution in [1.29, 1.82) is 0 Å². The molecule has 4 nitrogen and oxygen atoms in total. The number of benzene rings is 1. The first kappa shape index (κ1) is 16.1. The summed E-state index contributed by atoms with van der Waals surface area (Å²) >= 11 is 6.00. The van der Waals surface area contributed by atoms with Gasteiger partial charge in [0.15, 0.2) is 0 Å². The number of piperidine rings is 1. The number of halogens is 1. The van der Waals surface area contributed by atoms with E-state index in [0.29, 0.717) is 11.1 Å². The van der Waals surface area contributed by atoms with Crippen molar-refractivity contribution in [3.8, 4) is 0 Å². The van der Waals surface area contributed by atoms with Gasteiger partial charge in [-0.05, 0) is 57.6 Å². The molecule has 0 aliphatic carbocycles. The third-order valence-corrected chi connectivity index (χ3v) is 4.48. The van der Waals surface area contributed by atoms with Crippen molar-refractivity contribution in [3.05, 3.63) is 34.9 Å². The molecule has 1 aliphatic rings. The van der Waals surface area contributed by atoms with Crippen LogP contribution in [0, 0.1) is 0 Å². The zero-order valence-corrected chi connectivity index (χ0v) is 13.7. The SMILES string of the molecule is CC(NC(=O)N(C)C1CCN(C)CC1)c1cccc(Cl)c1. The van der Waals surface area contributed by atoms with Crippen LogP contribution in [0.5, 0.6) is 0 Å². The van der Waals surface area contributed by atoms with Gasteiger partial charge in [0.25, 0.3) is 0 Å². The van der Waals surface area contributed by atoms with Crippen LogP contribution in [0.15, 0.2) is 24.3 Å². The molecule has 1 saturated heterocycles. The molecule has 1 atom stereocenters. The first-order valence-electron chi connectivity index (χ1n) is 7.44. The molecule has 1 N–H and O–H groups in total. The van der Waals surface area contributed by atoms with Gasteiger partial charge in [0.05, 0.1) is 6.04 Å². The number of amides is 2. The Morgan fingerprint density at radius 2 is 2.10 bits per heavy atom. The molecule has 5 heteroatoms. The largest absolute Gasteiger partial charge is 0.331 e. The van der Waals surface area contributed by atoms with Crippen LogP contribution in [0.2, 0.25) is 5.02 Å². The second-order valence-electron chi connectivity index (χ2n) is 5.87. The molecule has 116 valence electrons. The molecule has 21 heavy (non-hydrogen) atoms. The molecule has 0 aromatic heterocycles. The van der Waals surface area contributed by atoms with E-state index in [4.69, 9.17) is 11.6 Å². The average molecular weight is 310 g/mol. The van der Waals surface area contributed by atoms with Crippen molar-refractivity contribution >= 4 is 17.6 Å². The van der Waals surface area contributed by atoms with Crippen LogP contribution in [0.25, 0.3) is 0 Å². The highest BCUT2D eigenvalue weighted by Gasteiger charge is 2.24. The molecule has 1 heterocycles. The second-order valence-corrected chi connectivity index (χ2v) is 6.31. The van der Waals surface area contributed by atoms with Crippen LogP contribution in [0.4, 0.5) is 4.79 Å². The number of carbonyl (C=O) groups excluding carboxylic acids is 1. The Labute approximate surface area is 132 Å². The highest BCUT2D eigenvalue weighted by atomic mass is 35.5. The lowest BCUT2D eigenvalue weighted by Crippen LogP contribution is -2.48. The molecule has 0 spiro atoms. The predicted molar refractivity (Wildman–Crippen MR) is 86.7 cm³/mol. The number of urea groups is 1. The van der Waals surface area contributed by atoms with Crippen molar-refractivity contribution in [2.45, 2.75) is 31.8 Å². The number of carbonyl (C=O) groups is 1. The van der Waals surface area contributed by atoms with Crippen LogP contribution in [0.1, 0.15) is 31.4 Å². The van der Waals surface area contributed by atoms with Gasteiger partial charge in [0, 0.05) is 18.1 Å². The first-order valence-corrected chi connectivity index (χ1v) is 7.82. The van der Waals surface area contributed by atoms with Crippen molar-refractivity contribution in [2.75, 3.05) is 27.2 Å². The summed E-state index contributed by atoms with van der Waals surface area (Å²) in [5.41, 5.74) is 1.02. The fourth-order valence-electron chi connectivity index (χ4n) is 2.69. The van der Waals surface area contributed by atoms with Gasteiger partial charge in [-0.1, -0.05) is 23.7 Å². The van der Waals surface area contributed by atoms with Crippen LogP contribution < -0.4 is 5.32 Å². The molecule has 0 radical (unpaired) electrons. The van der Waals surface area contributed by atoms with Gasteiger partial charge in [-0.3, -0.25) is 0 Å². The zero-order valence-electron chi connectivity index (χ0n) is 13.0. The zero-order chi connectivity index (χ0) is 15.4. The summed E-state index contributed by atoms with van der Waals surface area (Å²) in [5, 5.41) is 3.74. The van der Waals surface area contributed by atoms with Crippen molar-refractivity contribution < 1.29 is 4.79 Å². The van der Waals surface area contributed by atoms with E-state index in [1.807, 2.05) is 43.1 Å². The van der Waals surface area contributed by atoms with E-state index in [1.54, 1.807) is 0 Å². The maximum absolute atomic E-state index is 12.4. The maximum Gasteiger partial charge on any atom is 0.317 e. The molecule has 0 bridgehead atoms. The van der Waals surface area contributed by atoms with E-state index in [2.05, 4.69) is 17.3 Å². The Hall–Kier alpha value is -1.26. The molecule has 2 amide bonds. The Morgan fingerprint density at radius 1 is 1.43 bits per heavy atom. The van der Waals surface area contributed by atoms with Crippen molar-refractivity contribution in [3.63, 3.8) is 0 Å². The number of nitrogens with one attached hydrogen (secondary N) is 1. The van der Waals surface area contributed by atoms with Gasteiger partial charge in [-0.2, -0.15) is 0 Å². The van der Waals surface area contributed by atoms with E-state index < -0.39 is 0 Å². The monoisotopic (exact) mass is 309 g/mol. The fourth-order valence-corrected chi connectivity index (χ4v) is 2.89. The Bertz CT molecular complexity index is 486. The maximum atomic E-state index is 12.4. The van der Waals surface area contributed by atoms with Gasteiger partial charge >= 0.3 is 6.03 Å². The molecule has 1 aromatic rings. The summed E-state index contributed by atoms with van der Waals surface area (Å²) in [4.78, 5) is 16.5. The summed E-state index contributed by atoms with van der Waals surface area (Å²) in [7, 11) is 4.01. The topological polar surface area (TPSA) is 35.6 Å². The number of rotatable bonds is 3. The third-order valence-electron chi connectivity index (χ3n) is 4.24. The molecule has 0 saturated carbocycles. The number of hydrogen-bond acceptors (Lipinski definition) is 2. The van der Waals surface area contributed by atoms with E-state index in [0.717, 1.165) is 31.5 Å². The molecular formula is C16H24ClN3O. The van der Waals surface area contributed by atoms with E-state index in [-0.39, 0.29) is 12.1 Å². The Balaban J connectivity index is 1.91. The normalized spacial score (nSPS) is 18.3. The van der Waals surface area contributed by atoms with E-state index in [9.17, 15) is 4.79 Å². The van der Waals surface area contributed by atoms with Gasteiger partial charge in [0.2, 0.25) is 0 Å². The summed E-state index contributed by atoms with van der Waals surface area (Å²) in [6.07, 6.45) is 2.07. The van der Waals surface area contributed by atoms with Gasteiger partial charge < -0.3 is 15.1 Å². The lowest BCUT2D eigenvalue weighted by atomic mass is 10.0. The number of likely N-dealkylation sites (tertiary alicyclic amines) is 1. The number of nitrogens with zero attached hydrogens (tertiary/aromatic N) is 2. The van der Waals surface area contributed by atoms with Gasteiger partial charge in [-0.15, -0.1) is 0 Å². The molecule has 1 aliphatic heterocycles. The first-order chi connectivity index (χ1) is 9.97. The Morgan fingerprint density at radius 3 is 2.71 bits per heavy atom. The van der Waals surface area contributed by atoms with Crippen LogP contribution in [0.3, 0.4) is 0 Å². The minimum absolute atomic E-state index is 0.0166. The van der Waals surface area contributed by atoms with Crippen LogP contribution in [-0.2, 0) is 0 Å². The van der Waals surface area contributed by atoms with Crippen LogP contribution >= 0.6 is 11.6 Å².